The maximum absolute atomic E-state index is 12.2. The monoisotopic (exact) mass is 328 g/mol. The fraction of sp³-hybridized carbons (Fsp3) is 0.444. The second kappa shape index (κ2) is 6.06. The summed E-state index contributed by atoms with van der Waals surface area (Å²) in [5.41, 5.74) is 4.93. The molecule has 2 unspecified atom stereocenters. The van der Waals surface area contributed by atoms with E-state index in [0.29, 0.717) is 11.6 Å². The van der Waals surface area contributed by atoms with E-state index in [0.717, 1.165) is 30.5 Å². The molecule has 0 bridgehead atoms. The highest BCUT2D eigenvalue weighted by Crippen LogP contribution is 2.31. The van der Waals surface area contributed by atoms with Gasteiger partial charge in [-0.2, -0.15) is 0 Å². The molecular formula is C18H20N2O2S. The molecule has 23 heavy (non-hydrogen) atoms. The van der Waals surface area contributed by atoms with Crippen LogP contribution in [0.1, 0.15) is 36.8 Å². The summed E-state index contributed by atoms with van der Waals surface area (Å²) in [6.07, 6.45) is 5.29. The molecule has 5 heteroatoms. The van der Waals surface area contributed by atoms with Gasteiger partial charge in [-0.25, -0.2) is 4.98 Å². The van der Waals surface area contributed by atoms with E-state index in [-0.39, 0.29) is 17.9 Å². The highest BCUT2D eigenvalue weighted by Gasteiger charge is 2.29. The number of amides is 1. The average Bonchev–Trinajstić information content (AvgIpc) is 3.26. The molecular weight excluding hydrogens is 308 g/mol. The third-order valence-electron chi connectivity index (χ3n) is 4.90. The molecule has 2 atom stereocenters. The predicted molar refractivity (Wildman–Crippen MR) is 91.6 cm³/mol. The standard InChI is InChI=1S/C18H20N2O2S/c21-15-7-6-14(9-15)17(22)20-18-19-16(10-23-18)13-5-4-11-2-1-3-12(11)8-13/h4-5,8,10,14-15,21H,1-3,6-7,9H2,(H,19,20,22). The van der Waals surface area contributed by atoms with Crippen LogP contribution < -0.4 is 5.32 Å². The van der Waals surface area contributed by atoms with Crippen LogP contribution in [-0.2, 0) is 17.6 Å². The van der Waals surface area contributed by atoms with Crippen molar-refractivity contribution in [1.82, 2.24) is 4.98 Å². The molecule has 0 spiro atoms. The van der Waals surface area contributed by atoms with Crippen LogP contribution in [0.25, 0.3) is 11.3 Å². The molecule has 1 saturated carbocycles. The van der Waals surface area contributed by atoms with Crippen molar-refractivity contribution in [2.75, 3.05) is 5.32 Å². The molecule has 0 aliphatic heterocycles. The van der Waals surface area contributed by atoms with Crippen molar-refractivity contribution in [2.45, 2.75) is 44.6 Å². The summed E-state index contributed by atoms with van der Waals surface area (Å²) in [5.74, 6) is -0.103. The highest BCUT2D eigenvalue weighted by molar-refractivity contribution is 7.14. The number of rotatable bonds is 3. The van der Waals surface area contributed by atoms with E-state index in [1.807, 2.05) is 5.38 Å². The fourth-order valence-electron chi connectivity index (χ4n) is 3.60. The summed E-state index contributed by atoms with van der Waals surface area (Å²) >= 11 is 1.46. The van der Waals surface area contributed by atoms with Crippen LogP contribution in [-0.4, -0.2) is 22.1 Å². The van der Waals surface area contributed by atoms with Crippen molar-refractivity contribution >= 4 is 22.4 Å². The number of thiazole rings is 1. The van der Waals surface area contributed by atoms with Gasteiger partial charge in [0.15, 0.2) is 5.13 Å². The van der Waals surface area contributed by atoms with E-state index >= 15 is 0 Å². The lowest BCUT2D eigenvalue weighted by Gasteiger charge is -2.08. The van der Waals surface area contributed by atoms with Gasteiger partial charge in [0, 0.05) is 16.9 Å². The Hall–Kier alpha value is -1.72. The summed E-state index contributed by atoms with van der Waals surface area (Å²) in [4.78, 5) is 16.8. The van der Waals surface area contributed by atoms with Gasteiger partial charge in [0.25, 0.3) is 0 Å². The largest absolute Gasteiger partial charge is 0.393 e. The lowest BCUT2D eigenvalue weighted by Crippen LogP contribution is -2.21. The summed E-state index contributed by atoms with van der Waals surface area (Å²) in [7, 11) is 0. The van der Waals surface area contributed by atoms with Gasteiger partial charge in [0.1, 0.15) is 0 Å². The van der Waals surface area contributed by atoms with Gasteiger partial charge in [0.2, 0.25) is 5.91 Å². The Kier molecular flexibility index (Phi) is 3.91. The number of anilines is 1. The van der Waals surface area contributed by atoms with Gasteiger partial charge in [0.05, 0.1) is 11.8 Å². The number of hydrogen-bond acceptors (Lipinski definition) is 4. The molecule has 2 aliphatic carbocycles. The smallest absolute Gasteiger partial charge is 0.229 e. The van der Waals surface area contributed by atoms with E-state index in [1.54, 1.807) is 0 Å². The average molecular weight is 328 g/mol. The minimum Gasteiger partial charge on any atom is -0.393 e. The van der Waals surface area contributed by atoms with E-state index in [4.69, 9.17) is 0 Å². The second-order valence-corrected chi connectivity index (χ2v) is 7.39. The molecule has 0 saturated heterocycles. The first-order valence-corrected chi connectivity index (χ1v) is 9.13. The normalized spacial score (nSPS) is 23.0. The Morgan fingerprint density at radius 1 is 1.26 bits per heavy atom. The molecule has 2 N–H and O–H groups in total. The first-order valence-electron chi connectivity index (χ1n) is 8.25. The van der Waals surface area contributed by atoms with Crippen LogP contribution >= 0.6 is 11.3 Å². The van der Waals surface area contributed by atoms with Crippen molar-refractivity contribution in [3.05, 3.63) is 34.7 Å². The number of aryl methyl sites for hydroxylation is 2. The molecule has 1 fully saturated rings. The zero-order valence-electron chi connectivity index (χ0n) is 12.9. The lowest BCUT2D eigenvalue weighted by atomic mass is 10.1. The van der Waals surface area contributed by atoms with Gasteiger partial charge in [-0.3, -0.25) is 4.79 Å². The fourth-order valence-corrected chi connectivity index (χ4v) is 4.32. The SMILES string of the molecule is O=C(Nc1nc(-c2ccc3c(c2)CCC3)cs1)C1CCC(O)C1. The zero-order chi connectivity index (χ0) is 15.8. The van der Waals surface area contributed by atoms with E-state index in [9.17, 15) is 9.90 Å². The Morgan fingerprint density at radius 3 is 2.96 bits per heavy atom. The van der Waals surface area contributed by atoms with Crippen molar-refractivity contribution in [3.8, 4) is 11.3 Å². The number of hydrogen-bond donors (Lipinski definition) is 2. The van der Waals surface area contributed by atoms with Gasteiger partial charge in [-0.05, 0) is 55.7 Å². The third kappa shape index (κ3) is 3.03. The molecule has 2 aromatic rings. The second-order valence-electron chi connectivity index (χ2n) is 6.53. The van der Waals surface area contributed by atoms with Crippen LogP contribution in [0.15, 0.2) is 23.6 Å². The quantitative estimate of drug-likeness (QED) is 0.908. The summed E-state index contributed by atoms with van der Waals surface area (Å²) in [6.45, 7) is 0. The van der Waals surface area contributed by atoms with Crippen molar-refractivity contribution in [2.24, 2.45) is 5.92 Å². The highest BCUT2D eigenvalue weighted by atomic mass is 32.1. The van der Waals surface area contributed by atoms with Gasteiger partial charge >= 0.3 is 0 Å². The molecule has 1 aromatic carbocycles. The molecule has 1 aromatic heterocycles. The van der Waals surface area contributed by atoms with Crippen LogP contribution in [0.4, 0.5) is 5.13 Å². The summed E-state index contributed by atoms with van der Waals surface area (Å²) in [6, 6.07) is 6.56. The zero-order valence-corrected chi connectivity index (χ0v) is 13.7. The maximum Gasteiger partial charge on any atom is 0.229 e. The predicted octanol–water partition coefficient (Wildman–Crippen LogP) is 3.40. The molecule has 2 aliphatic rings. The van der Waals surface area contributed by atoms with Crippen LogP contribution in [0.5, 0.6) is 0 Å². The number of fused-ring (bicyclic) bond motifs is 1. The van der Waals surface area contributed by atoms with Crippen molar-refractivity contribution in [3.63, 3.8) is 0 Å². The number of aliphatic hydroxyl groups excluding tert-OH is 1. The third-order valence-corrected chi connectivity index (χ3v) is 5.66. The Balaban J connectivity index is 1.47. The maximum atomic E-state index is 12.2. The van der Waals surface area contributed by atoms with E-state index < -0.39 is 0 Å². The summed E-state index contributed by atoms with van der Waals surface area (Å²) < 4.78 is 0. The molecule has 120 valence electrons. The molecule has 1 amide bonds. The molecule has 1 heterocycles. The molecule has 0 radical (unpaired) electrons. The number of nitrogens with one attached hydrogen (secondary N) is 1. The minimum atomic E-state index is -0.330. The minimum absolute atomic E-state index is 0.0172. The number of aromatic nitrogens is 1. The van der Waals surface area contributed by atoms with Crippen molar-refractivity contribution in [1.29, 1.82) is 0 Å². The Morgan fingerprint density at radius 2 is 2.13 bits per heavy atom. The number of aliphatic hydroxyl groups is 1. The first kappa shape index (κ1) is 14.8. The number of carbonyl (C=O) groups excluding carboxylic acids is 1. The van der Waals surface area contributed by atoms with Crippen LogP contribution in [0.2, 0.25) is 0 Å². The van der Waals surface area contributed by atoms with Gasteiger partial charge < -0.3 is 10.4 Å². The van der Waals surface area contributed by atoms with Crippen LogP contribution in [0, 0.1) is 5.92 Å². The summed E-state index contributed by atoms with van der Waals surface area (Å²) in [5, 5.41) is 15.1. The van der Waals surface area contributed by atoms with E-state index in [2.05, 4.69) is 28.5 Å². The number of nitrogens with zero attached hydrogens (tertiary/aromatic N) is 1. The van der Waals surface area contributed by atoms with E-state index in [1.165, 1.54) is 35.3 Å². The Bertz CT molecular complexity index is 740. The topological polar surface area (TPSA) is 62.2 Å². The van der Waals surface area contributed by atoms with Crippen LogP contribution in [0.3, 0.4) is 0 Å². The van der Waals surface area contributed by atoms with Crippen molar-refractivity contribution < 1.29 is 9.90 Å². The molecule has 4 rings (SSSR count). The Labute approximate surface area is 139 Å². The lowest BCUT2D eigenvalue weighted by molar-refractivity contribution is -0.119. The van der Waals surface area contributed by atoms with Gasteiger partial charge in [-0.1, -0.05) is 12.1 Å². The van der Waals surface area contributed by atoms with Gasteiger partial charge in [-0.15, -0.1) is 11.3 Å². The molecule has 4 nitrogen and oxygen atoms in total. The number of carbonyl (C=O) groups is 1. The number of benzene rings is 1. The first-order chi connectivity index (χ1) is 11.2.